The van der Waals surface area contributed by atoms with Crippen molar-refractivity contribution in [3.05, 3.63) is 0 Å². The van der Waals surface area contributed by atoms with Gasteiger partial charge in [-0.25, -0.2) is 0 Å². The van der Waals surface area contributed by atoms with Gasteiger partial charge in [0.1, 0.15) is 0 Å². The molecular weight excluding hydrogens is 228 g/mol. The zero-order valence-electron chi connectivity index (χ0n) is 5.90. The molecule has 64 valence electrons. The van der Waals surface area contributed by atoms with E-state index in [0.29, 0.717) is 0 Å². The zero-order valence-corrected chi connectivity index (χ0v) is 8.98. The van der Waals surface area contributed by atoms with E-state index in [1.165, 1.54) is 13.8 Å². The van der Waals surface area contributed by atoms with E-state index in [1.54, 1.807) is 0 Å². The average molecular weight is 235 g/mol. The molecule has 0 radical (unpaired) electrons. The maximum Gasteiger partial charge on any atom is 0.275 e. The number of carbonyl (C=O) groups excluding carboxylic acids is 1. The Morgan fingerprint density at radius 1 is 1.36 bits per heavy atom. The highest BCUT2D eigenvalue weighted by Gasteiger charge is 2.33. The van der Waals surface area contributed by atoms with Gasteiger partial charge in [-0.3, -0.25) is 9.69 Å². The van der Waals surface area contributed by atoms with Crippen molar-refractivity contribution < 1.29 is 4.79 Å². The smallest absolute Gasteiger partial charge is 0.275 e. The predicted molar refractivity (Wildman–Crippen MR) is 51.1 cm³/mol. The molecule has 0 aromatic rings. The average Bonchev–Trinajstić information content (AvgIpc) is 1.54. The van der Waals surface area contributed by atoms with E-state index in [0.717, 1.165) is 4.90 Å². The number of rotatable bonds is 0. The van der Waals surface area contributed by atoms with Crippen molar-refractivity contribution in [2.75, 3.05) is 0 Å². The Balaban J connectivity index is 4.63. The maximum absolute atomic E-state index is 10.8. The standard InChI is InChI=1S/C5H6Cl3NOS/c1-3(10)9(4(2)11)5(6,7)8/h1-2H3. The van der Waals surface area contributed by atoms with Crippen LogP contribution in [0.3, 0.4) is 0 Å². The highest BCUT2D eigenvalue weighted by Crippen LogP contribution is 2.31. The van der Waals surface area contributed by atoms with Crippen LogP contribution in [0.2, 0.25) is 0 Å². The Hall–Kier alpha value is 0.430. The number of halogens is 3. The number of alkyl halides is 3. The summed E-state index contributed by atoms with van der Waals surface area (Å²) in [6, 6.07) is 0. The van der Waals surface area contributed by atoms with Crippen molar-refractivity contribution in [2.45, 2.75) is 17.8 Å². The van der Waals surface area contributed by atoms with Crippen molar-refractivity contribution in [2.24, 2.45) is 0 Å². The number of carbonyl (C=O) groups is 1. The number of thiocarbonyl (C=S) groups is 1. The SMILES string of the molecule is CC(=O)N(C(C)=S)C(Cl)(Cl)Cl. The van der Waals surface area contributed by atoms with Gasteiger partial charge in [0.15, 0.2) is 0 Å². The molecule has 1 amide bonds. The normalized spacial score (nSPS) is 11.0. The van der Waals surface area contributed by atoms with Gasteiger partial charge >= 0.3 is 0 Å². The van der Waals surface area contributed by atoms with Gasteiger partial charge in [-0.05, 0) is 6.92 Å². The van der Waals surface area contributed by atoms with Gasteiger partial charge in [0, 0.05) is 6.92 Å². The zero-order chi connectivity index (χ0) is 9.23. The van der Waals surface area contributed by atoms with Gasteiger partial charge in [-0.2, -0.15) is 0 Å². The summed E-state index contributed by atoms with van der Waals surface area (Å²) in [7, 11) is 0. The number of hydrogen-bond acceptors (Lipinski definition) is 2. The second-order valence-electron chi connectivity index (χ2n) is 1.84. The second kappa shape index (κ2) is 3.90. The molecule has 0 N–H and O–H groups in total. The Kier molecular flexibility index (Phi) is 4.05. The first-order chi connectivity index (χ1) is 4.76. The van der Waals surface area contributed by atoms with Crippen LogP contribution in [0.1, 0.15) is 13.8 Å². The predicted octanol–water partition coefficient (Wildman–Crippen LogP) is 2.51. The lowest BCUT2D eigenvalue weighted by Crippen LogP contribution is -2.41. The topological polar surface area (TPSA) is 20.3 Å². The first kappa shape index (κ1) is 11.4. The van der Waals surface area contributed by atoms with Crippen molar-refractivity contribution in [3.63, 3.8) is 0 Å². The molecule has 0 spiro atoms. The summed E-state index contributed by atoms with van der Waals surface area (Å²) in [5.41, 5.74) is 0. The highest BCUT2D eigenvalue weighted by atomic mass is 35.6. The number of hydrogen-bond donors (Lipinski definition) is 0. The van der Waals surface area contributed by atoms with Gasteiger partial charge in [0.25, 0.3) is 3.92 Å². The van der Waals surface area contributed by atoms with E-state index in [4.69, 9.17) is 47.0 Å². The molecule has 0 rings (SSSR count). The lowest BCUT2D eigenvalue weighted by atomic mass is 10.5. The minimum absolute atomic E-state index is 0.234. The molecule has 0 aliphatic rings. The molecule has 0 aromatic heterocycles. The van der Waals surface area contributed by atoms with E-state index < -0.39 is 9.82 Å². The first-order valence-corrected chi connectivity index (χ1v) is 4.19. The van der Waals surface area contributed by atoms with E-state index in [2.05, 4.69) is 0 Å². The highest BCUT2D eigenvalue weighted by molar-refractivity contribution is 7.80. The Morgan fingerprint density at radius 2 is 1.73 bits per heavy atom. The molecule has 0 saturated carbocycles. The largest absolute Gasteiger partial charge is 0.275 e. The molecule has 0 saturated heterocycles. The van der Waals surface area contributed by atoms with Crippen LogP contribution in [0.15, 0.2) is 0 Å². The molecule has 0 aliphatic heterocycles. The molecule has 0 unspecified atom stereocenters. The van der Waals surface area contributed by atoms with Gasteiger partial charge in [-0.15, -0.1) is 0 Å². The minimum Gasteiger partial charge on any atom is -0.275 e. The molecule has 6 heteroatoms. The summed E-state index contributed by atoms with van der Waals surface area (Å²) in [6.45, 7) is 2.79. The second-order valence-corrected chi connectivity index (χ2v) is 4.65. The lowest BCUT2D eigenvalue weighted by molar-refractivity contribution is -0.125. The molecule has 0 fully saturated rings. The molecule has 0 heterocycles. The summed E-state index contributed by atoms with van der Waals surface area (Å²) in [5.74, 6) is -0.391. The molecule has 0 bridgehead atoms. The van der Waals surface area contributed by atoms with Gasteiger partial charge < -0.3 is 0 Å². The summed E-state index contributed by atoms with van der Waals surface area (Å²) in [4.78, 5) is 12.0. The molecule has 0 aliphatic carbocycles. The summed E-state index contributed by atoms with van der Waals surface area (Å²) in [6.07, 6.45) is 0. The molecule has 0 aromatic carbocycles. The number of amides is 1. The summed E-state index contributed by atoms with van der Waals surface area (Å²) < 4.78 is -1.78. The van der Waals surface area contributed by atoms with Crippen LogP contribution in [-0.4, -0.2) is 19.7 Å². The lowest BCUT2D eigenvalue weighted by Gasteiger charge is -2.26. The first-order valence-electron chi connectivity index (χ1n) is 2.65. The molecule has 0 atom stereocenters. The van der Waals surface area contributed by atoms with Crippen LogP contribution >= 0.6 is 47.0 Å². The summed E-state index contributed by atoms with van der Waals surface area (Å²) in [5, 5.41) is 0. The fourth-order valence-corrected chi connectivity index (χ4v) is 1.73. The quantitative estimate of drug-likeness (QED) is 0.365. The van der Waals surface area contributed by atoms with Crippen LogP contribution in [-0.2, 0) is 4.79 Å². The monoisotopic (exact) mass is 233 g/mol. The fourth-order valence-electron chi connectivity index (χ4n) is 0.579. The third-order valence-corrected chi connectivity index (χ3v) is 1.57. The van der Waals surface area contributed by atoms with Crippen LogP contribution in [0.4, 0.5) is 0 Å². The van der Waals surface area contributed by atoms with Crippen LogP contribution in [0, 0.1) is 0 Å². The minimum atomic E-state index is -1.78. The van der Waals surface area contributed by atoms with Gasteiger partial charge in [0.2, 0.25) is 5.91 Å². The van der Waals surface area contributed by atoms with E-state index in [-0.39, 0.29) is 4.99 Å². The Bertz CT molecular complexity index is 175. The van der Waals surface area contributed by atoms with E-state index >= 15 is 0 Å². The molecule has 2 nitrogen and oxygen atoms in total. The third-order valence-electron chi connectivity index (χ3n) is 0.883. The fraction of sp³-hybridized carbons (Fsp3) is 0.600. The Labute approximate surface area is 85.4 Å². The van der Waals surface area contributed by atoms with E-state index in [1.807, 2.05) is 0 Å². The Morgan fingerprint density at radius 3 is 1.73 bits per heavy atom. The maximum atomic E-state index is 10.8. The van der Waals surface area contributed by atoms with Crippen molar-refractivity contribution in [3.8, 4) is 0 Å². The molecule has 11 heavy (non-hydrogen) atoms. The number of nitrogens with zero attached hydrogens (tertiary/aromatic N) is 1. The van der Waals surface area contributed by atoms with Crippen molar-refractivity contribution in [1.29, 1.82) is 0 Å². The van der Waals surface area contributed by atoms with Gasteiger partial charge in [0.05, 0.1) is 4.99 Å². The third kappa shape index (κ3) is 3.56. The van der Waals surface area contributed by atoms with E-state index in [9.17, 15) is 4.79 Å². The van der Waals surface area contributed by atoms with Crippen LogP contribution < -0.4 is 0 Å². The van der Waals surface area contributed by atoms with Gasteiger partial charge in [-0.1, -0.05) is 47.0 Å². The molecular formula is C5H6Cl3NOS. The van der Waals surface area contributed by atoms with Crippen LogP contribution in [0.5, 0.6) is 0 Å². The summed E-state index contributed by atoms with van der Waals surface area (Å²) >= 11 is 21.0. The van der Waals surface area contributed by atoms with Crippen molar-refractivity contribution >= 4 is 57.9 Å². The van der Waals surface area contributed by atoms with Crippen LogP contribution in [0.25, 0.3) is 0 Å². The van der Waals surface area contributed by atoms with Crippen molar-refractivity contribution in [1.82, 2.24) is 4.90 Å².